The van der Waals surface area contributed by atoms with Crippen molar-refractivity contribution < 1.29 is 22.7 Å². The van der Waals surface area contributed by atoms with E-state index < -0.39 is 18.6 Å². The number of carbonyl (C=O) groups excluding carboxylic acids is 1. The van der Waals surface area contributed by atoms with Crippen molar-refractivity contribution in [2.24, 2.45) is 0 Å². The van der Waals surface area contributed by atoms with Crippen molar-refractivity contribution in [3.8, 4) is 0 Å². The number of hydrogen-bond acceptors (Lipinski definition) is 3. The third-order valence-corrected chi connectivity index (χ3v) is 3.06. The number of morpholine rings is 1. The van der Waals surface area contributed by atoms with Crippen LogP contribution in [0.4, 0.5) is 13.2 Å². The molecule has 2 fully saturated rings. The van der Waals surface area contributed by atoms with Crippen LogP contribution in [0.25, 0.3) is 0 Å². The van der Waals surface area contributed by atoms with Crippen LogP contribution in [0.1, 0.15) is 19.3 Å². The summed E-state index contributed by atoms with van der Waals surface area (Å²) in [5, 5.41) is 3.05. The summed E-state index contributed by atoms with van der Waals surface area (Å²) in [6.45, 7) is 0.604. The second-order valence-electron chi connectivity index (χ2n) is 4.77. The lowest BCUT2D eigenvalue weighted by Gasteiger charge is -2.28. The van der Waals surface area contributed by atoms with Gasteiger partial charge in [-0.3, -0.25) is 4.79 Å². The van der Waals surface area contributed by atoms with E-state index in [0.29, 0.717) is 26.0 Å². The molecule has 0 aromatic heterocycles. The number of nitrogens with zero attached hydrogens (tertiary/aromatic N) is 1. The fourth-order valence-electron chi connectivity index (χ4n) is 2.06. The lowest BCUT2D eigenvalue weighted by atomic mass is 10.2. The fraction of sp³-hybridized carbons (Fsp3) is 0.909. The molecule has 18 heavy (non-hydrogen) atoms. The Balaban J connectivity index is 1.87. The molecule has 7 heteroatoms. The topological polar surface area (TPSA) is 41.6 Å². The van der Waals surface area contributed by atoms with Gasteiger partial charge in [-0.25, -0.2) is 0 Å². The number of halogens is 3. The molecule has 0 spiro atoms. The largest absolute Gasteiger partial charge is 0.406 e. The van der Waals surface area contributed by atoms with Crippen molar-refractivity contribution in [3.63, 3.8) is 0 Å². The van der Waals surface area contributed by atoms with E-state index in [1.54, 1.807) is 0 Å². The number of hydrogen-bond donors (Lipinski definition) is 1. The molecule has 1 N–H and O–H groups in total. The summed E-state index contributed by atoms with van der Waals surface area (Å²) in [6.07, 6.45) is -3.26. The third kappa shape index (κ3) is 4.13. The highest BCUT2D eigenvalue weighted by Gasteiger charge is 2.41. The van der Waals surface area contributed by atoms with Gasteiger partial charge in [0.25, 0.3) is 0 Å². The normalized spacial score (nSPS) is 24.9. The minimum absolute atomic E-state index is 0.0274. The molecule has 2 rings (SSSR count). The van der Waals surface area contributed by atoms with E-state index in [0.717, 1.165) is 11.4 Å². The van der Waals surface area contributed by atoms with Gasteiger partial charge in [0, 0.05) is 19.1 Å². The van der Waals surface area contributed by atoms with Crippen LogP contribution in [0.5, 0.6) is 0 Å². The van der Waals surface area contributed by atoms with Gasteiger partial charge in [-0.1, -0.05) is 0 Å². The molecule has 104 valence electrons. The summed E-state index contributed by atoms with van der Waals surface area (Å²) in [5.74, 6) is -0.455. The Kier molecular flexibility index (Phi) is 4.11. The molecule has 0 aromatic carbocycles. The molecule has 1 saturated carbocycles. The van der Waals surface area contributed by atoms with Gasteiger partial charge in [-0.05, 0) is 12.8 Å². The molecule has 0 radical (unpaired) electrons. The first-order chi connectivity index (χ1) is 8.46. The first-order valence-electron chi connectivity index (χ1n) is 6.14. The fourth-order valence-corrected chi connectivity index (χ4v) is 2.06. The Labute approximate surface area is 103 Å². The Morgan fingerprint density at radius 2 is 2.11 bits per heavy atom. The SMILES string of the molecule is O=C(CC1CNCCO1)N(CC(F)(F)F)C1CC1. The van der Waals surface area contributed by atoms with Crippen LogP contribution in [0.15, 0.2) is 0 Å². The lowest BCUT2D eigenvalue weighted by molar-refractivity contribution is -0.164. The predicted molar refractivity (Wildman–Crippen MR) is 58.0 cm³/mol. The van der Waals surface area contributed by atoms with Gasteiger partial charge in [-0.2, -0.15) is 13.2 Å². The van der Waals surface area contributed by atoms with E-state index in [2.05, 4.69) is 5.32 Å². The van der Waals surface area contributed by atoms with Crippen molar-refractivity contribution in [2.45, 2.75) is 37.6 Å². The second-order valence-corrected chi connectivity index (χ2v) is 4.77. The van der Waals surface area contributed by atoms with Gasteiger partial charge >= 0.3 is 6.18 Å². The highest BCUT2D eigenvalue weighted by atomic mass is 19.4. The van der Waals surface area contributed by atoms with Gasteiger partial charge in [-0.15, -0.1) is 0 Å². The maximum atomic E-state index is 12.4. The smallest absolute Gasteiger partial charge is 0.375 e. The van der Waals surface area contributed by atoms with Crippen molar-refractivity contribution >= 4 is 5.91 Å². The molecule has 1 saturated heterocycles. The molecule has 0 bridgehead atoms. The summed E-state index contributed by atoms with van der Waals surface area (Å²) in [6, 6.07) is -0.226. The van der Waals surface area contributed by atoms with Crippen LogP contribution in [-0.4, -0.2) is 55.4 Å². The number of rotatable bonds is 4. The predicted octanol–water partition coefficient (Wildman–Crippen LogP) is 0.918. The molecule has 1 aliphatic carbocycles. The molecule has 2 aliphatic rings. The van der Waals surface area contributed by atoms with Crippen molar-refractivity contribution in [3.05, 3.63) is 0 Å². The monoisotopic (exact) mass is 266 g/mol. The third-order valence-electron chi connectivity index (χ3n) is 3.06. The minimum Gasteiger partial charge on any atom is -0.375 e. The van der Waals surface area contributed by atoms with Crippen LogP contribution in [0.3, 0.4) is 0 Å². The van der Waals surface area contributed by atoms with E-state index in [1.807, 2.05) is 0 Å². The average molecular weight is 266 g/mol. The first kappa shape index (κ1) is 13.6. The summed E-state index contributed by atoms with van der Waals surface area (Å²) in [4.78, 5) is 12.8. The summed E-state index contributed by atoms with van der Waals surface area (Å²) < 4.78 is 42.5. The number of ether oxygens (including phenoxy) is 1. The van der Waals surface area contributed by atoms with Gasteiger partial charge < -0.3 is 15.0 Å². The maximum Gasteiger partial charge on any atom is 0.406 e. The van der Waals surface area contributed by atoms with Crippen LogP contribution >= 0.6 is 0 Å². The Morgan fingerprint density at radius 3 is 2.61 bits per heavy atom. The lowest BCUT2D eigenvalue weighted by Crippen LogP contribution is -2.45. The molecule has 1 heterocycles. The number of carbonyl (C=O) groups is 1. The molecule has 1 unspecified atom stereocenters. The molecule has 1 aliphatic heterocycles. The maximum absolute atomic E-state index is 12.4. The second kappa shape index (κ2) is 5.44. The van der Waals surface area contributed by atoms with Gasteiger partial charge in [0.05, 0.1) is 19.1 Å². The summed E-state index contributed by atoms with van der Waals surface area (Å²) in [5.41, 5.74) is 0. The molecular weight excluding hydrogens is 249 g/mol. The summed E-state index contributed by atoms with van der Waals surface area (Å²) in [7, 11) is 0. The molecule has 0 aromatic rings. The first-order valence-corrected chi connectivity index (χ1v) is 6.14. The molecule has 4 nitrogen and oxygen atoms in total. The molecule has 1 atom stereocenters. The van der Waals surface area contributed by atoms with Gasteiger partial charge in [0.2, 0.25) is 5.91 Å². The zero-order valence-electron chi connectivity index (χ0n) is 10.0. The zero-order valence-corrected chi connectivity index (χ0v) is 10.0. The minimum atomic E-state index is -4.33. The zero-order chi connectivity index (χ0) is 13.2. The van der Waals surface area contributed by atoms with Crippen LogP contribution < -0.4 is 5.32 Å². The Morgan fingerprint density at radius 1 is 1.39 bits per heavy atom. The Hall–Kier alpha value is -0.820. The van der Waals surface area contributed by atoms with Crippen molar-refractivity contribution in [1.29, 1.82) is 0 Å². The van der Waals surface area contributed by atoms with E-state index in [-0.39, 0.29) is 18.6 Å². The van der Waals surface area contributed by atoms with E-state index in [9.17, 15) is 18.0 Å². The number of nitrogens with one attached hydrogen (secondary N) is 1. The Bertz CT molecular complexity index is 299. The van der Waals surface area contributed by atoms with E-state index in [1.165, 1.54) is 0 Å². The van der Waals surface area contributed by atoms with Crippen LogP contribution in [0.2, 0.25) is 0 Å². The number of alkyl halides is 3. The highest BCUT2D eigenvalue weighted by molar-refractivity contribution is 5.77. The average Bonchev–Trinajstić information content (AvgIpc) is 3.10. The quantitative estimate of drug-likeness (QED) is 0.822. The van der Waals surface area contributed by atoms with Crippen molar-refractivity contribution in [1.82, 2.24) is 10.2 Å². The summed E-state index contributed by atoms with van der Waals surface area (Å²) >= 11 is 0. The van der Waals surface area contributed by atoms with Gasteiger partial charge in [0.15, 0.2) is 0 Å². The van der Waals surface area contributed by atoms with Crippen LogP contribution in [0, 0.1) is 0 Å². The molecule has 1 amide bonds. The van der Waals surface area contributed by atoms with E-state index in [4.69, 9.17) is 4.74 Å². The molecular formula is C11H17F3N2O2. The standard InChI is InChI=1S/C11H17F3N2O2/c12-11(13,14)7-16(8-1-2-8)10(17)5-9-6-15-3-4-18-9/h8-9,15H,1-7H2. The van der Waals surface area contributed by atoms with Gasteiger partial charge in [0.1, 0.15) is 6.54 Å². The van der Waals surface area contributed by atoms with Crippen molar-refractivity contribution in [2.75, 3.05) is 26.2 Å². The highest BCUT2D eigenvalue weighted by Crippen LogP contribution is 2.30. The van der Waals surface area contributed by atoms with E-state index >= 15 is 0 Å². The van der Waals surface area contributed by atoms with Crippen LogP contribution in [-0.2, 0) is 9.53 Å². The number of amides is 1.